The molecule has 2 N–H and O–H groups in total. The molecule has 0 aliphatic rings. The highest BCUT2D eigenvalue weighted by molar-refractivity contribution is 5.91. The lowest BCUT2D eigenvalue weighted by Gasteiger charge is -2.11. The summed E-state index contributed by atoms with van der Waals surface area (Å²) in [5, 5.41) is 4.73. The Bertz CT molecular complexity index is 457. The van der Waals surface area contributed by atoms with E-state index in [9.17, 15) is 14.4 Å². The molecule has 1 heterocycles. The summed E-state index contributed by atoms with van der Waals surface area (Å²) in [6, 6.07) is -0.208. The molecule has 0 spiro atoms. The molecule has 0 aromatic carbocycles. The highest BCUT2D eigenvalue weighted by Crippen LogP contribution is 2.05. The van der Waals surface area contributed by atoms with E-state index < -0.39 is 0 Å². The molecule has 0 bridgehead atoms. The number of nitrogens with one attached hydrogen (secondary N) is 2. The van der Waals surface area contributed by atoms with Gasteiger partial charge in [0.2, 0.25) is 18.1 Å². The van der Waals surface area contributed by atoms with E-state index in [2.05, 4.69) is 10.3 Å². The van der Waals surface area contributed by atoms with Gasteiger partial charge in [-0.05, 0) is 13.3 Å². The third kappa shape index (κ3) is 7.24. The standard InChI is InChI=1S/C12H17N3O4.C2H6/c1-3-11-13-6-9(19-11)12(18)15-8(2)4-5-10(17)14-7-16;1-2/h6-8H,3-5H2,1-2H3,(H,15,18)(H,14,16,17);1-2H3. The van der Waals surface area contributed by atoms with Crippen LogP contribution in [0.25, 0.3) is 0 Å². The first kappa shape index (κ1) is 18.8. The maximum atomic E-state index is 11.8. The molecule has 0 fully saturated rings. The molecule has 1 unspecified atom stereocenters. The Balaban J connectivity index is 0.00000191. The summed E-state index contributed by atoms with van der Waals surface area (Å²) >= 11 is 0. The second-order valence-electron chi connectivity index (χ2n) is 4.07. The van der Waals surface area contributed by atoms with Gasteiger partial charge in [-0.15, -0.1) is 0 Å². The maximum Gasteiger partial charge on any atom is 0.288 e. The maximum absolute atomic E-state index is 11.8. The first-order valence-electron chi connectivity index (χ1n) is 7.05. The Morgan fingerprint density at radius 1 is 1.43 bits per heavy atom. The minimum absolute atomic E-state index is 0.154. The largest absolute Gasteiger partial charge is 0.436 e. The lowest BCUT2D eigenvalue weighted by atomic mass is 10.1. The Labute approximate surface area is 124 Å². The van der Waals surface area contributed by atoms with Crippen molar-refractivity contribution in [2.45, 2.75) is 53.0 Å². The fourth-order valence-electron chi connectivity index (χ4n) is 1.43. The van der Waals surface area contributed by atoms with Crippen molar-refractivity contribution in [1.82, 2.24) is 15.6 Å². The first-order chi connectivity index (χ1) is 10.1. The van der Waals surface area contributed by atoms with Crippen LogP contribution in [0.15, 0.2) is 10.6 Å². The van der Waals surface area contributed by atoms with Crippen molar-refractivity contribution in [1.29, 1.82) is 0 Å². The van der Waals surface area contributed by atoms with E-state index >= 15 is 0 Å². The molecule has 0 aliphatic carbocycles. The molecule has 1 rings (SSSR count). The van der Waals surface area contributed by atoms with Crippen LogP contribution in [-0.4, -0.2) is 29.3 Å². The smallest absolute Gasteiger partial charge is 0.288 e. The van der Waals surface area contributed by atoms with Gasteiger partial charge in [0.05, 0.1) is 6.20 Å². The number of hydrogen-bond donors (Lipinski definition) is 2. The number of hydrogen-bond acceptors (Lipinski definition) is 5. The van der Waals surface area contributed by atoms with Crippen molar-refractivity contribution in [3.05, 3.63) is 17.8 Å². The number of aryl methyl sites for hydroxylation is 1. The number of nitrogens with zero attached hydrogens (tertiary/aromatic N) is 1. The van der Waals surface area contributed by atoms with E-state index in [1.54, 1.807) is 6.92 Å². The second kappa shape index (κ2) is 10.6. The number of oxazole rings is 1. The van der Waals surface area contributed by atoms with E-state index in [0.29, 0.717) is 25.1 Å². The lowest BCUT2D eigenvalue weighted by molar-refractivity contribution is -0.125. The molecule has 1 aromatic heterocycles. The topological polar surface area (TPSA) is 101 Å². The van der Waals surface area contributed by atoms with Gasteiger partial charge in [0.25, 0.3) is 5.91 Å². The van der Waals surface area contributed by atoms with Crippen LogP contribution in [0.4, 0.5) is 0 Å². The fourth-order valence-corrected chi connectivity index (χ4v) is 1.43. The van der Waals surface area contributed by atoms with Gasteiger partial charge < -0.3 is 9.73 Å². The Kier molecular flexibility index (Phi) is 9.49. The zero-order chi connectivity index (χ0) is 16.3. The van der Waals surface area contributed by atoms with Crippen LogP contribution in [0.3, 0.4) is 0 Å². The summed E-state index contributed by atoms with van der Waals surface area (Å²) in [5.41, 5.74) is 0. The minimum atomic E-state index is -0.371. The van der Waals surface area contributed by atoms with E-state index in [-0.39, 0.29) is 30.0 Å². The number of carbonyl (C=O) groups excluding carboxylic acids is 3. The van der Waals surface area contributed by atoms with Crippen molar-refractivity contribution >= 4 is 18.2 Å². The average Bonchev–Trinajstić information content (AvgIpc) is 2.96. The van der Waals surface area contributed by atoms with E-state index in [1.807, 2.05) is 26.1 Å². The highest BCUT2D eigenvalue weighted by Gasteiger charge is 2.15. The van der Waals surface area contributed by atoms with Crippen molar-refractivity contribution in [3.63, 3.8) is 0 Å². The molecule has 1 atom stereocenters. The molecule has 7 nitrogen and oxygen atoms in total. The van der Waals surface area contributed by atoms with Crippen LogP contribution >= 0.6 is 0 Å². The summed E-state index contributed by atoms with van der Waals surface area (Å²) < 4.78 is 5.21. The van der Waals surface area contributed by atoms with Crippen LogP contribution in [-0.2, 0) is 16.0 Å². The monoisotopic (exact) mass is 297 g/mol. The van der Waals surface area contributed by atoms with Crippen molar-refractivity contribution in [3.8, 4) is 0 Å². The molecular weight excluding hydrogens is 274 g/mol. The molecule has 0 saturated carbocycles. The lowest BCUT2D eigenvalue weighted by Crippen LogP contribution is -2.33. The van der Waals surface area contributed by atoms with Gasteiger partial charge >= 0.3 is 0 Å². The summed E-state index contributed by atoms with van der Waals surface area (Å²) in [7, 11) is 0. The molecule has 0 saturated heterocycles. The number of carbonyl (C=O) groups is 3. The highest BCUT2D eigenvalue weighted by atomic mass is 16.4. The van der Waals surface area contributed by atoms with Crippen LogP contribution in [0, 0.1) is 0 Å². The van der Waals surface area contributed by atoms with Gasteiger partial charge in [0.15, 0.2) is 5.89 Å². The predicted octanol–water partition coefficient (Wildman–Crippen LogP) is 1.43. The quantitative estimate of drug-likeness (QED) is 0.741. The molecule has 0 radical (unpaired) electrons. The molecule has 0 aliphatic heterocycles. The zero-order valence-electron chi connectivity index (χ0n) is 12.9. The molecule has 118 valence electrons. The third-order valence-corrected chi connectivity index (χ3v) is 2.48. The fraction of sp³-hybridized carbons (Fsp3) is 0.571. The van der Waals surface area contributed by atoms with Gasteiger partial charge in [-0.1, -0.05) is 20.8 Å². The van der Waals surface area contributed by atoms with Crippen molar-refractivity contribution in [2.75, 3.05) is 0 Å². The number of aromatic nitrogens is 1. The predicted molar refractivity (Wildman–Crippen MR) is 77.6 cm³/mol. The van der Waals surface area contributed by atoms with E-state index in [4.69, 9.17) is 4.42 Å². The Morgan fingerprint density at radius 2 is 2.10 bits per heavy atom. The van der Waals surface area contributed by atoms with Crippen LogP contribution in [0.5, 0.6) is 0 Å². The van der Waals surface area contributed by atoms with Crippen LogP contribution in [0.2, 0.25) is 0 Å². The summed E-state index contributed by atoms with van der Waals surface area (Å²) in [6.45, 7) is 7.64. The van der Waals surface area contributed by atoms with E-state index in [1.165, 1.54) is 6.20 Å². The van der Waals surface area contributed by atoms with Gasteiger partial charge in [-0.3, -0.25) is 19.7 Å². The zero-order valence-corrected chi connectivity index (χ0v) is 12.9. The van der Waals surface area contributed by atoms with Crippen LogP contribution in [0.1, 0.15) is 57.0 Å². The van der Waals surface area contributed by atoms with Gasteiger partial charge in [-0.25, -0.2) is 4.98 Å². The van der Waals surface area contributed by atoms with E-state index in [0.717, 1.165) is 0 Å². The normalized spacial score (nSPS) is 10.9. The SMILES string of the molecule is CC.CCc1ncc(C(=O)NC(C)CCC(=O)NC=O)o1. The van der Waals surface area contributed by atoms with Crippen LogP contribution < -0.4 is 10.6 Å². The summed E-state index contributed by atoms with van der Waals surface area (Å²) in [5.74, 6) is -0.0799. The van der Waals surface area contributed by atoms with Gasteiger partial charge in [0.1, 0.15) is 0 Å². The molecule has 1 aromatic rings. The average molecular weight is 297 g/mol. The number of imide groups is 1. The second-order valence-corrected chi connectivity index (χ2v) is 4.07. The first-order valence-corrected chi connectivity index (χ1v) is 7.05. The summed E-state index contributed by atoms with van der Waals surface area (Å²) in [4.78, 5) is 36.8. The third-order valence-electron chi connectivity index (χ3n) is 2.48. The van der Waals surface area contributed by atoms with Crippen molar-refractivity contribution in [2.24, 2.45) is 0 Å². The Morgan fingerprint density at radius 3 is 2.62 bits per heavy atom. The van der Waals surface area contributed by atoms with Gasteiger partial charge in [0, 0.05) is 18.9 Å². The summed E-state index contributed by atoms with van der Waals surface area (Å²) in [6.07, 6.45) is 2.93. The van der Waals surface area contributed by atoms with Gasteiger partial charge in [-0.2, -0.15) is 0 Å². The number of rotatable bonds is 7. The molecule has 21 heavy (non-hydrogen) atoms. The molecule has 3 amide bonds. The molecule has 7 heteroatoms. The minimum Gasteiger partial charge on any atom is -0.436 e. The Hall–Kier alpha value is -2.18. The van der Waals surface area contributed by atoms with Crippen molar-refractivity contribution < 1.29 is 18.8 Å². The number of amides is 3. The molecular formula is C14H23N3O4.